The monoisotopic (exact) mass is 236 g/mol. The minimum atomic E-state index is 0.677. The van der Waals surface area contributed by atoms with E-state index in [4.69, 9.17) is 5.21 Å². The van der Waals surface area contributed by atoms with Gasteiger partial charge in [-0.05, 0) is 25.7 Å². The van der Waals surface area contributed by atoms with Gasteiger partial charge in [0.25, 0.3) is 0 Å². The van der Waals surface area contributed by atoms with Gasteiger partial charge in [-0.15, -0.1) is 0 Å². The number of hydrogen-bond donors (Lipinski definition) is 1. The standard InChI is InChI=1S/C14H24N2O/c17-15-11-9-13-7-4-8-14(10-11)16(13)12-5-2-1-3-6-12/h12-14,17H,1-10H2/t13-,14+. The summed E-state index contributed by atoms with van der Waals surface area (Å²) >= 11 is 0. The van der Waals surface area contributed by atoms with Crippen LogP contribution in [0.5, 0.6) is 0 Å². The largest absolute Gasteiger partial charge is 0.411 e. The predicted octanol–water partition coefficient (Wildman–Crippen LogP) is 3.17. The van der Waals surface area contributed by atoms with E-state index in [1.165, 1.54) is 51.4 Å². The maximum atomic E-state index is 9.01. The molecule has 1 saturated carbocycles. The highest BCUT2D eigenvalue weighted by Gasteiger charge is 2.40. The van der Waals surface area contributed by atoms with Crippen molar-refractivity contribution in [1.82, 2.24) is 4.90 Å². The van der Waals surface area contributed by atoms with Gasteiger partial charge in [-0.2, -0.15) is 0 Å². The highest BCUT2D eigenvalue weighted by Crippen LogP contribution is 2.37. The van der Waals surface area contributed by atoms with E-state index in [2.05, 4.69) is 10.1 Å². The van der Waals surface area contributed by atoms with Crippen molar-refractivity contribution in [2.24, 2.45) is 5.16 Å². The summed E-state index contributed by atoms with van der Waals surface area (Å²) in [5, 5.41) is 12.5. The molecule has 3 aliphatic rings. The molecule has 0 spiro atoms. The molecule has 3 heteroatoms. The SMILES string of the molecule is ON=C1C[C@H]2CCC[C@@H](C1)N2C1CCCCC1. The van der Waals surface area contributed by atoms with Gasteiger partial charge in [0.2, 0.25) is 0 Å². The summed E-state index contributed by atoms with van der Waals surface area (Å²) in [7, 11) is 0. The van der Waals surface area contributed by atoms with Gasteiger partial charge >= 0.3 is 0 Å². The smallest absolute Gasteiger partial charge is 0.0601 e. The molecule has 1 aliphatic carbocycles. The van der Waals surface area contributed by atoms with Crippen molar-refractivity contribution in [3.8, 4) is 0 Å². The van der Waals surface area contributed by atoms with Crippen LogP contribution in [0, 0.1) is 0 Å². The van der Waals surface area contributed by atoms with E-state index in [0.717, 1.165) is 24.6 Å². The molecule has 3 rings (SSSR count). The van der Waals surface area contributed by atoms with Crippen LogP contribution in [-0.4, -0.2) is 33.9 Å². The molecule has 0 amide bonds. The number of piperidine rings is 2. The minimum Gasteiger partial charge on any atom is -0.411 e. The van der Waals surface area contributed by atoms with Crippen LogP contribution in [0.1, 0.15) is 64.2 Å². The first kappa shape index (κ1) is 11.5. The number of hydrogen-bond acceptors (Lipinski definition) is 3. The van der Waals surface area contributed by atoms with Crippen molar-refractivity contribution < 1.29 is 5.21 Å². The molecule has 0 aromatic carbocycles. The third-order valence-corrected chi connectivity index (χ3v) is 5.00. The molecule has 17 heavy (non-hydrogen) atoms. The molecule has 0 unspecified atom stereocenters. The van der Waals surface area contributed by atoms with Gasteiger partial charge in [0.1, 0.15) is 0 Å². The van der Waals surface area contributed by atoms with Gasteiger partial charge in [-0.1, -0.05) is 30.8 Å². The van der Waals surface area contributed by atoms with E-state index < -0.39 is 0 Å². The minimum absolute atomic E-state index is 0.677. The molecule has 0 aromatic heterocycles. The Kier molecular flexibility index (Phi) is 3.37. The molecule has 2 saturated heterocycles. The Morgan fingerprint density at radius 3 is 2.00 bits per heavy atom. The lowest BCUT2D eigenvalue weighted by molar-refractivity contribution is 0.0158. The summed E-state index contributed by atoms with van der Waals surface area (Å²) in [4.78, 5) is 2.82. The molecule has 2 heterocycles. The molecule has 1 N–H and O–H groups in total. The quantitative estimate of drug-likeness (QED) is 0.560. The van der Waals surface area contributed by atoms with Crippen LogP contribution in [0.15, 0.2) is 5.16 Å². The van der Waals surface area contributed by atoms with Crippen LogP contribution >= 0.6 is 0 Å². The fourth-order valence-electron chi connectivity index (χ4n) is 4.28. The third-order valence-electron chi connectivity index (χ3n) is 5.00. The Hall–Kier alpha value is -0.570. The van der Waals surface area contributed by atoms with Crippen LogP contribution in [0.25, 0.3) is 0 Å². The predicted molar refractivity (Wildman–Crippen MR) is 68.6 cm³/mol. The summed E-state index contributed by atoms with van der Waals surface area (Å²) < 4.78 is 0. The van der Waals surface area contributed by atoms with Crippen LogP contribution in [0.2, 0.25) is 0 Å². The first-order valence-corrected chi connectivity index (χ1v) is 7.35. The molecule has 0 radical (unpaired) electrons. The van der Waals surface area contributed by atoms with Crippen molar-refractivity contribution in [2.45, 2.75) is 82.3 Å². The van der Waals surface area contributed by atoms with Crippen molar-refractivity contribution >= 4 is 5.71 Å². The molecular weight excluding hydrogens is 212 g/mol. The summed E-state index contributed by atoms with van der Waals surface area (Å²) in [5.74, 6) is 0. The summed E-state index contributed by atoms with van der Waals surface area (Å²) in [6, 6.07) is 2.19. The first-order valence-electron chi connectivity index (χ1n) is 7.35. The highest BCUT2D eigenvalue weighted by atomic mass is 16.4. The van der Waals surface area contributed by atoms with Crippen molar-refractivity contribution in [3.63, 3.8) is 0 Å². The van der Waals surface area contributed by atoms with E-state index in [9.17, 15) is 0 Å². The second-order valence-corrected chi connectivity index (χ2v) is 6.05. The highest BCUT2D eigenvalue weighted by molar-refractivity contribution is 5.85. The zero-order valence-electron chi connectivity index (χ0n) is 10.6. The van der Waals surface area contributed by atoms with Crippen molar-refractivity contribution in [1.29, 1.82) is 0 Å². The van der Waals surface area contributed by atoms with Crippen molar-refractivity contribution in [2.75, 3.05) is 0 Å². The Bertz CT molecular complexity index is 281. The van der Waals surface area contributed by atoms with Crippen LogP contribution in [-0.2, 0) is 0 Å². The third kappa shape index (κ3) is 2.22. The average molecular weight is 236 g/mol. The van der Waals surface area contributed by atoms with E-state index in [1.54, 1.807) is 0 Å². The lowest BCUT2D eigenvalue weighted by Crippen LogP contribution is -2.57. The zero-order chi connectivity index (χ0) is 11.7. The normalized spacial score (nSPS) is 38.5. The maximum absolute atomic E-state index is 9.01. The van der Waals surface area contributed by atoms with E-state index in [0.29, 0.717) is 12.1 Å². The van der Waals surface area contributed by atoms with Crippen LogP contribution < -0.4 is 0 Å². The van der Waals surface area contributed by atoms with E-state index in [1.807, 2.05) is 0 Å². The zero-order valence-corrected chi connectivity index (χ0v) is 10.6. The Balaban J connectivity index is 1.75. The molecule has 2 bridgehead atoms. The van der Waals surface area contributed by atoms with E-state index in [-0.39, 0.29) is 0 Å². The summed E-state index contributed by atoms with van der Waals surface area (Å²) in [6.07, 6.45) is 13.1. The molecule has 3 nitrogen and oxygen atoms in total. The molecule has 2 atom stereocenters. The van der Waals surface area contributed by atoms with Crippen molar-refractivity contribution in [3.05, 3.63) is 0 Å². The molecule has 2 aliphatic heterocycles. The second kappa shape index (κ2) is 4.97. The molecular formula is C14H24N2O. The van der Waals surface area contributed by atoms with Gasteiger partial charge in [-0.3, -0.25) is 4.90 Å². The van der Waals surface area contributed by atoms with Gasteiger partial charge in [-0.25, -0.2) is 0 Å². The number of nitrogens with zero attached hydrogens (tertiary/aromatic N) is 2. The van der Waals surface area contributed by atoms with Gasteiger partial charge in [0.15, 0.2) is 0 Å². The Morgan fingerprint density at radius 1 is 0.824 bits per heavy atom. The second-order valence-electron chi connectivity index (χ2n) is 6.05. The van der Waals surface area contributed by atoms with E-state index >= 15 is 0 Å². The number of fused-ring (bicyclic) bond motifs is 2. The topological polar surface area (TPSA) is 35.8 Å². The lowest BCUT2D eigenvalue weighted by atomic mass is 9.80. The summed E-state index contributed by atoms with van der Waals surface area (Å²) in [5.41, 5.74) is 1.05. The average Bonchev–Trinajstić information content (AvgIpc) is 2.38. The van der Waals surface area contributed by atoms with Gasteiger partial charge in [0.05, 0.1) is 5.71 Å². The Labute approximate surface area is 104 Å². The fraction of sp³-hybridized carbons (Fsp3) is 0.929. The van der Waals surface area contributed by atoms with Gasteiger partial charge < -0.3 is 5.21 Å². The molecule has 96 valence electrons. The first-order chi connectivity index (χ1) is 8.38. The maximum Gasteiger partial charge on any atom is 0.0601 e. The molecule has 0 aromatic rings. The fourth-order valence-corrected chi connectivity index (χ4v) is 4.28. The lowest BCUT2D eigenvalue weighted by Gasteiger charge is -2.51. The number of oxime groups is 1. The molecule has 3 fully saturated rings. The summed E-state index contributed by atoms with van der Waals surface area (Å²) in [6.45, 7) is 0. The van der Waals surface area contributed by atoms with Gasteiger partial charge in [0, 0.05) is 31.0 Å². The Morgan fingerprint density at radius 2 is 1.41 bits per heavy atom. The van der Waals surface area contributed by atoms with Crippen LogP contribution in [0.4, 0.5) is 0 Å². The number of rotatable bonds is 1. The van der Waals surface area contributed by atoms with Crippen LogP contribution in [0.3, 0.4) is 0 Å².